The summed E-state index contributed by atoms with van der Waals surface area (Å²) in [5.74, 6) is 0.387. The lowest BCUT2D eigenvalue weighted by Crippen LogP contribution is -2.33. The van der Waals surface area contributed by atoms with Gasteiger partial charge in [0.2, 0.25) is 0 Å². The number of halogens is 3. The van der Waals surface area contributed by atoms with E-state index in [-0.39, 0.29) is 10.7 Å². The number of hydrogen-bond acceptors (Lipinski definition) is 1. The zero-order valence-electron chi connectivity index (χ0n) is 11.1. The third-order valence-corrected chi connectivity index (χ3v) is 4.81. The molecule has 106 valence electrons. The summed E-state index contributed by atoms with van der Waals surface area (Å²) >= 11 is 15.4. The van der Waals surface area contributed by atoms with E-state index in [0.717, 1.165) is 12.8 Å². The highest BCUT2D eigenvalue weighted by atomic mass is 79.9. The topological polar surface area (TPSA) is 29.1 Å². The molecule has 0 saturated heterocycles. The van der Waals surface area contributed by atoms with Gasteiger partial charge in [-0.3, -0.25) is 4.79 Å². The highest BCUT2D eigenvalue weighted by Crippen LogP contribution is 2.22. The molecule has 1 aromatic rings. The van der Waals surface area contributed by atoms with Gasteiger partial charge in [0.25, 0.3) is 5.91 Å². The lowest BCUT2D eigenvalue weighted by Gasteiger charge is -2.20. The minimum absolute atomic E-state index is 0.169. The summed E-state index contributed by atoms with van der Waals surface area (Å²) in [7, 11) is 0. The summed E-state index contributed by atoms with van der Waals surface area (Å²) < 4.78 is 0. The molecule has 1 aromatic carbocycles. The summed E-state index contributed by atoms with van der Waals surface area (Å²) in [4.78, 5) is 12.3. The monoisotopic (exact) mass is 365 g/mol. The van der Waals surface area contributed by atoms with E-state index in [0.29, 0.717) is 28.1 Å². The number of alkyl halides is 1. The molecule has 0 aliphatic heterocycles. The van der Waals surface area contributed by atoms with Gasteiger partial charge >= 0.3 is 0 Å². The molecule has 19 heavy (non-hydrogen) atoms. The number of benzene rings is 1. The molecule has 1 N–H and O–H groups in total. The van der Waals surface area contributed by atoms with Gasteiger partial charge in [0.05, 0.1) is 10.6 Å². The Morgan fingerprint density at radius 1 is 1.32 bits per heavy atom. The zero-order chi connectivity index (χ0) is 14.4. The molecule has 0 spiro atoms. The van der Waals surface area contributed by atoms with E-state index in [4.69, 9.17) is 23.2 Å². The first-order valence-corrected chi connectivity index (χ1v) is 8.04. The van der Waals surface area contributed by atoms with Gasteiger partial charge in [-0.25, -0.2) is 0 Å². The van der Waals surface area contributed by atoms with Crippen LogP contribution in [0.25, 0.3) is 0 Å². The smallest absolute Gasteiger partial charge is 0.252 e. The van der Waals surface area contributed by atoms with Crippen molar-refractivity contribution in [1.82, 2.24) is 5.32 Å². The third kappa shape index (κ3) is 4.97. The molecule has 2 nitrogen and oxygen atoms in total. The molecule has 1 atom stereocenters. The number of carbonyl (C=O) groups is 1. The second kappa shape index (κ2) is 8.13. The zero-order valence-corrected chi connectivity index (χ0v) is 14.1. The highest BCUT2D eigenvalue weighted by molar-refractivity contribution is 9.09. The van der Waals surface area contributed by atoms with Crippen molar-refractivity contribution >= 4 is 45.0 Å². The Morgan fingerprint density at radius 3 is 2.47 bits per heavy atom. The highest BCUT2D eigenvalue weighted by Gasteiger charge is 2.17. The Kier molecular flexibility index (Phi) is 7.19. The molecule has 1 rings (SSSR count). The van der Waals surface area contributed by atoms with Gasteiger partial charge in [0.1, 0.15) is 0 Å². The lowest BCUT2D eigenvalue weighted by molar-refractivity contribution is 0.0952. The predicted octanol–water partition coefficient (Wildman–Crippen LogP) is 4.92. The van der Waals surface area contributed by atoms with Crippen LogP contribution in [0.15, 0.2) is 18.2 Å². The second-order valence-electron chi connectivity index (χ2n) is 4.43. The molecule has 0 bridgehead atoms. The standard InChI is InChI=1S/C14H18BrCl2NO/c1-3-9(4-2)12(15)8-18-14(19)11-6-5-10(16)7-13(11)17/h5-7,9,12H,3-4,8H2,1-2H3,(H,18,19). The normalized spacial score (nSPS) is 12.5. The summed E-state index contributed by atoms with van der Waals surface area (Å²) in [6.45, 7) is 4.89. The maximum absolute atomic E-state index is 12.0. The molecule has 0 radical (unpaired) electrons. The Balaban J connectivity index is 2.60. The quantitative estimate of drug-likeness (QED) is 0.711. The molecule has 0 aliphatic carbocycles. The van der Waals surface area contributed by atoms with Gasteiger partial charge in [0.15, 0.2) is 0 Å². The van der Waals surface area contributed by atoms with Crippen molar-refractivity contribution in [3.8, 4) is 0 Å². The van der Waals surface area contributed by atoms with Crippen molar-refractivity contribution in [2.24, 2.45) is 5.92 Å². The number of amides is 1. The molecule has 5 heteroatoms. The lowest BCUT2D eigenvalue weighted by atomic mass is 9.99. The van der Waals surface area contributed by atoms with E-state index < -0.39 is 0 Å². The van der Waals surface area contributed by atoms with Crippen molar-refractivity contribution in [2.45, 2.75) is 31.5 Å². The summed E-state index contributed by atoms with van der Waals surface area (Å²) in [5, 5.41) is 3.79. The van der Waals surface area contributed by atoms with Crippen LogP contribution in [0.3, 0.4) is 0 Å². The van der Waals surface area contributed by atoms with Crippen LogP contribution in [0.5, 0.6) is 0 Å². The fraction of sp³-hybridized carbons (Fsp3) is 0.500. The van der Waals surface area contributed by atoms with Crippen molar-refractivity contribution in [3.05, 3.63) is 33.8 Å². The molecule has 0 fully saturated rings. The predicted molar refractivity (Wildman–Crippen MR) is 85.6 cm³/mol. The van der Waals surface area contributed by atoms with Gasteiger partial charge in [-0.2, -0.15) is 0 Å². The van der Waals surface area contributed by atoms with Gasteiger partial charge < -0.3 is 5.32 Å². The minimum Gasteiger partial charge on any atom is -0.351 e. The van der Waals surface area contributed by atoms with E-state index >= 15 is 0 Å². The molecule has 1 amide bonds. The third-order valence-electron chi connectivity index (χ3n) is 3.19. The largest absolute Gasteiger partial charge is 0.351 e. The first-order valence-electron chi connectivity index (χ1n) is 6.36. The van der Waals surface area contributed by atoms with Gasteiger partial charge in [-0.15, -0.1) is 0 Å². The number of nitrogens with one attached hydrogen (secondary N) is 1. The molecule has 0 aromatic heterocycles. The van der Waals surface area contributed by atoms with Gasteiger partial charge in [0, 0.05) is 16.4 Å². The summed E-state index contributed by atoms with van der Waals surface area (Å²) in [6.07, 6.45) is 2.17. The second-order valence-corrected chi connectivity index (χ2v) is 6.45. The maximum atomic E-state index is 12.0. The van der Waals surface area contributed by atoms with E-state index in [2.05, 4.69) is 35.1 Å². The van der Waals surface area contributed by atoms with Crippen LogP contribution >= 0.6 is 39.1 Å². The van der Waals surface area contributed by atoms with Crippen molar-refractivity contribution in [2.75, 3.05) is 6.54 Å². The van der Waals surface area contributed by atoms with Crippen LogP contribution in [-0.4, -0.2) is 17.3 Å². The minimum atomic E-state index is -0.169. The molecule has 0 saturated carbocycles. The molecule has 1 unspecified atom stereocenters. The van der Waals surface area contributed by atoms with E-state index in [1.165, 1.54) is 0 Å². The van der Waals surface area contributed by atoms with Gasteiger partial charge in [-0.05, 0) is 24.1 Å². The summed E-state index contributed by atoms with van der Waals surface area (Å²) in [5.41, 5.74) is 0.454. The van der Waals surface area contributed by atoms with Crippen molar-refractivity contribution in [3.63, 3.8) is 0 Å². The average Bonchev–Trinajstić information content (AvgIpc) is 2.37. The number of rotatable bonds is 6. The van der Waals surface area contributed by atoms with Crippen molar-refractivity contribution in [1.29, 1.82) is 0 Å². The van der Waals surface area contributed by atoms with Crippen LogP contribution in [-0.2, 0) is 0 Å². The summed E-state index contributed by atoms with van der Waals surface area (Å²) in [6, 6.07) is 4.87. The van der Waals surface area contributed by atoms with Gasteiger partial charge in [-0.1, -0.05) is 65.8 Å². The molecule has 0 heterocycles. The van der Waals surface area contributed by atoms with E-state index in [9.17, 15) is 4.79 Å². The first-order chi connectivity index (χ1) is 8.99. The van der Waals surface area contributed by atoms with E-state index in [1.54, 1.807) is 18.2 Å². The maximum Gasteiger partial charge on any atom is 0.252 e. The van der Waals surface area contributed by atoms with Crippen LogP contribution < -0.4 is 5.32 Å². The average molecular weight is 367 g/mol. The Labute approximate surface area is 133 Å². The van der Waals surface area contributed by atoms with Crippen LogP contribution in [0.2, 0.25) is 10.0 Å². The molecular formula is C14H18BrCl2NO. The molecular weight excluding hydrogens is 349 g/mol. The number of carbonyl (C=O) groups excluding carboxylic acids is 1. The fourth-order valence-corrected chi connectivity index (χ4v) is 3.33. The molecule has 0 aliphatic rings. The first kappa shape index (κ1) is 16.8. The number of hydrogen-bond donors (Lipinski definition) is 1. The van der Waals surface area contributed by atoms with Crippen LogP contribution in [0.1, 0.15) is 37.0 Å². The Hall–Kier alpha value is -0.250. The van der Waals surface area contributed by atoms with Crippen molar-refractivity contribution < 1.29 is 4.79 Å². The van der Waals surface area contributed by atoms with Crippen LogP contribution in [0.4, 0.5) is 0 Å². The SMILES string of the molecule is CCC(CC)C(Br)CNC(=O)c1ccc(Cl)cc1Cl. The van der Waals surface area contributed by atoms with Crippen LogP contribution in [0, 0.1) is 5.92 Å². The Bertz CT molecular complexity index is 435. The Morgan fingerprint density at radius 2 is 1.95 bits per heavy atom. The fourth-order valence-electron chi connectivity index (χ4n) is 1.93. The van der Waals surface area contributed by atoms with E-state index in [1.807, 2.05) is 0 Å².